The molecule has 12 nitrogen and oxygen atoms in total. The Kier molecular flexibility index (Phi) is 17.1. The van der Waals surface area contributed by atoms with Gasteiger partial charge in [-0.15, -0.1) is 0 Å². The largest absolute Gasteiger partial charge is 0.388 e. The van der Waals surface area contributed by atoms with Gasteiger partial charge < -0.3 is 31.5 Å². The Balaban J connectivity index is 1.53. The molecule has 0 saturated heterocycles. The number of carbonyl (C=O) groups excluding carboxylic acids is 4. The van der Waals surface area contributed by atoms with E-state index in [9.17, 15) is 29.4 Å². The SMILES string of the molecule is CC(C)[C@H](NC(=O)CCc1ccccn1)C(=O)N[C@@H](Cc1ccccc1)[C@@H](O)[C@H](O)[C@H](Cc1ccccc1)NC(=O)[C@@H](NC(=O)CCc1ccccn1)C(C)C. The van der Waals surface area contributed by atoms with Crippen molar-refractivity contribution < 1.29 is 29.4 Å². The summed E-state index contributed by atoms with van der Waals surface area (Å²) in [6.07, 6.45) is 1.56. The Morgan fingerprint density at radius 3 is 1.20 bits per heavy atom. The number of aliphatic hydroxyl groups excluding tert-OH is 2. The van der Waals surface area contributed by atoms with E-state index in [0.717, 1.165) is 22.5 Å². The highest BCUT2D eigenvalue weighted by Crippen LogP contribution is 2.17. The predicted octanol–water partition coefficient (Wildman–Crippen LogP) is 3.50. The molecule has 0 fully saturated rings. The van der Waals surface area contributed by atoms with Crippen molar-refractivity contribution in [1.82, 2.24) is 31.2 Å². The number of pyridine rings is 2. The van der Waals surface area contributed by atoms with E-state index in [1.807, 2.05) is 113 Å². The van der Waals surface area contributed by atoms with Gasteiger partial charge in [0.1, 0.15) is 24.3 Å². The van der Waals surface area contributed by atoms with Gasteiger partial charge in [0, 0.05) is 36.6 Å². The van der Waals surface area contributed by atoms with Crippen LogP contribution in [-0.4, -0.2) is 80.2 Å². The van der Waals surface area contributed by atoms with E-state index < -0.39 is 48.2 Å². The van der Waals surface area contributed by atoms with Gasteiger partial charge in [-0.2, -0.15) is 0 Å². The molecule has 0 aliphatic rings. The van der Waals surface area contributed by atoms with Crippen LogP contribution in [0.25, 0.3) is 0 Å². The van der Waals surface area contributed by atoms with Crippen LogP contribution < -0.4 is 21.3 Å². The Morgan fingerprint density at radius 1 is 0.518 bits per heavy atom. The molecule has 298 valence electrons. The van der Waals surface area contributed by atoms with E-state index in [1.165, 1.54) is 0 Å². The minimum atomic E-state index is -1.56. The van der Waals surface area contributed by atoms with E-state index in [4.69, 9.17) is 0 Å². The first-order chi connectivity index (χ1) is 26.9. The standard InChI is InChI=1S/C44H56N6O6/c1-29(2)39(49-37(51)23-21-33-19-11-13-25-45-33)43(55)47-35(27-31-15-7-5-8-16-31)41(53)42(54)36(28-32-17-9-6-10-18-32)48-44(56)40(30(3)4)50-38(52)24-22-34-20-12-14-26-46-34/h5-20,25-26,29-30,35-36,39-42,53-54H,21-24,27-28H2,1-4H3,(H,47,55)(H,48,56)(H,49,51)(H,50,52)/t35-,36-,39-,40-,41+,42+/m0/s1. The zero-order chi connectivity index (χ0) is 40.5. The molecule has 2 aromatic carbocycles. The molecule has 12 heteroatoms. The first-order valence-electron chi connectivity index (χ1n) is 19.3. The van der Waals surface area contributed by atoms with Gasteiger partial charge in [0.2, 0.25) is 23.6 Å². The van der Waals surface area contributed by atoms with Crippen LogP contribution in [0.15, 0.2) is 109 Å². The lowest BCUT2D eigenvalue weighted by molar-refractivity contribution is -0.133. The Labute approximate surface area is 330 Å². The van der Waals surface area contributed by atoms with Crippen LogP contribution in [0.1, 0.15) is 63.1 Å². The van der Waals surface area contributed by atoms with E-state index in [0.29, 0.717) is 12.8 Å². The molecule has 0 spiro atoms. The van der Waals surface area contributed by atoms with E-state index in [-0.39, 0.29) is 49.3 Å². The van der Waals surface area contributed by atoms with Crippen molar-refractivity contribution in [3.8, 4) is 0 Å². The predicted molar refractivity (Wildman–Crippen MR) is 215 cm³/mol. The molecule has 6 atom stereocenters. The number of hydrogen-bond acceptors (Lipinski definition) is 8. The summed E-state index contributed by atoms with van der Waals surface area (Å²) >= 11 is 0. The van der Waals surface area contributed by atoms with E-state index in [2.05, 4.69) is 31.2 Å². The first-order valence-corrected chi connectivity index (χ1v) is 19.3. The molecule has 2 aromatic heterocycles. The number of aryl methyl sites for hydroxylation is 2. The molecule has 0 aliphatic heterocycles. The van der Waals surface area contributed by atoms with Gasteiger partial charge in [-0.3, -0.25) is 29.1 Å². The second-order valence-electron chi connectivity index (χ2n) is 14.8. The lowest BCUT2D eigenvalue weighted by atomic mass is 9.90. The maximum Gasteiger partial charge on any atom is 0.243 e. The summed E-state index contributed by atoms with van der Waals surface area (Å²) in [6.45, 7) is 7.26. The number of aromatic nitrogens is 2. The van der Waals surface area contributed by atoms with Crippen molar-refractivity contribution in [2.45, 2.75) is 103 Å². The van der Waals surface area contributed by atoms with Gasteiger partial charge in [0.05, 0.1) is 12.1 Å². The van der Waals surface area contributed by atoms with E-state index in [1.54, 1.807) is 24.5 Å². The highest BCUT2D eigenvalue weighted by molar-refractivity contribution is 5.89. The quantitative estimate of drug-likeness (QED) is 0.0746. The maximum atomic E-state index is 13.9. The van der Waals surface area contributed by atoms with Crippen molar-refractivity contribution in [2.75, 3.05) is 0 Å². The third-order valence-electron chi connectivity index (χ3n) is 9.63. The van der Waals surface area contributed by atoms with Crippen molar-refractivity contribution in [3.63, 3.8) is 0 Å². The average Bonchev–Trinajstić information content (AvgIpc) is 3.20. The van der Waals surface area contributed by atoms with Crippen molar-refractivity contribution in [3.05, 3.63) is 132 Å². The molecule has 0 saturated carbocycles. The van der Waals surface area contributed by atoms with Gasteiger partial charge in [0.25, 0.3) is 0 Å². The van der Waals surface area contributed by atoms with Gasteiger partial charge in [-0.1, -0.05) is 100 Å². The van der Waals surface area contributed by atoms with Crippen LogP contribution >= 0.6 is 0 Å². The van der Waals surface area contributed by atoms with Gasteiger partial charge in [-0.05, 0) is 72.9 Å². The number of nitrogens with zero attached hydrogens (tertiary/aromatic N) is 2. The number of amides is 4. The van der Waals surface area contributed by atoms with Gasteiger partial charge >= 0.3 is 0 Å². The normalized spacial score (nSPS) is 14.5. The van der Waals surface area contributed by atoms with Crippen molar-refractivity contribution in [1.29, 1.82) is 0 Å². The molecule has 4 rings (SSSR count). The minimum Gasteiger partial charge on any atom is -0.388 e. The summed E-state index contributed by atoms with van der Waals surface area (Å²) in [6, 6.07) is 25.5. The fourth-order valence-electron chi connectivity index (χ4n) is 6.41. The summed E-state index contributed by atoms with van der Waals surface area (Å²) < 4.78 is 0. The minimum absolute atomic E-state index is 0.130. The zero-order valence-corrected chi connectivity index (χ0v) is 32.7. The monoisotopic (exact) mass is 764 g/mol. The molecule has 0 bridgehead atoms. The fraction of sp³-hybridized carbons (Fsp3) is 0.409. The second-order valence-corrected chi connectivity index (χ2v) is 14.8. The van der Waals surface area contributed by atoms with Crippen LogP contribution in [0.5, 0.6) is 0 Å². The Morgan fingerprint density at radius 2 is 0.875 bits per heavy atom. The summed E-state index contributed by atoms with van der Waals surface area (Å²) in [4.78, 5) is 62.4. The molecule has 6 N–H and O–H groups in total. The van der Waals surface area contributed by atoms with Crippen LogP contribution in [-0.2, 0) is 44.9 Å². The van der Waals surface area contributed by atoms with Crippen LogP contribution in [0.4, 0.5) is 0 Å². The van der Waals surface area contributed by atoms with Crippen molar-refractivity contribution >= 4 is 23.6 Å². The van der Waals surface area contributed by atoms with Gasteiger partial charge in [-0.25, -0.2) is 0 Å². The first kappa shape index (κ1) is 43.3. The topological polar surface area (TPSA) is 183 Å². The third-order valence-corrected chi connectivity index (χ3v) is 9.63. The van der Waals surface area contributed by atoms with Crippen molar-refractivity contribution in [2.24, 2.45) is 11.8 Å². The number of aliphatic hydroxyl groups is 2. The smallest absolute Gasteiger partial charge is 0.243 e. The summed E-state index contributed by atoms with van der Waals surface area (Å²) in [5.41, 5.74) is 3.10. The highest BCUT2D eigenvalue weighted by atomic mass is 16.3. The number of hydrogen-bond donors (Lipinski definition) is 6. The number of benzene rings is 2. The molecule has 0 aliphatic carbocycles. The summed E-state index contributed by atoms with van der Waals surface area (Å²) in [7, 11) is 0. The van der Waals surface area contributed by atoms with Gasteiger partial charge in [0.15, 0.2) is 0 Å². The lowest BCUT2D eigenvalue weighted by Gasteiger charge is -2.35. The zero-order valence-electron chi connectivity index (χ0n) is 32.7. The number of carbonyl (C=O) groups is 4. The van der Waals surface area contributed by atoms with Crippen LogP contribution in [0.2, 0.25) is 0 Å². The number of nitrogens with one attached hydrogen (secondary N) is 4. The molecular weight excluding hydrogens is 709 g/mol. The molecular formula is C44H56N6O6. The number of rotatable bonds is 21. The fourth-order valence-corrected chi connectivity index (χ4v) is 6.41. The van der Waals surface area contributed by atoms with Crippen LogP contribution in [0, 0.1) is 11.8 Å². The maximum absolute atomic E-state index is 13.9. The average molecular weight is 765 g/mol. The summed E-state index contributed by atoms with van der Waals surface area (Å²) in [5.74, 6) is -2.28. The second kappa shape index (κ2) is 22.2. The molecule has 0 unspecified atom stereocenters. The lowest BCUT2D eigenvalue weighted by Crippen LogP contribution is -2.61. The molecule has 56 heavy (non-hydrogen) atoms. The Hall–Kier alpha value is -5.46. The highest BCUT2D eigenvalue weighted by Gasteiger charge is 2.37. The Bertz CT molecular complexity index is 1660. The molecule has 4 amide bonds. The summed E-state index contributed by atoms with van der Waals surface area (Å²) in [5, 5.41) is 35.4. The molecule has 4 aromatic rings. The van der Waals surface area contributed by atoms with Crippen LogP contribution in [0.3, 0.4) is 0 Å². The third kappa shape index (κ3) is 14.0. The molecule has 0 radical (unpaired) electrons. The molecule has 2 heterocycles. The van der Waals surface area contributed by atoms with E-state index >= 15 is 0 Å².